The van der Waals surface area contributed by atoms with Crippen molar-refractivity contribution >= 4 is 17.4 Å². The van der Waals surface area contributed by atoms with Crippen LogP contribution in [0.1, 0.15) is 17.2 Å². The van der Waals surface area contributed by atoms with Crippen LogP contribution in [0.25, 0.3) is 0 Å². The molecule has 1 saturated heterocycles. The number of rotatable bonds is 6. The summed E-state index contributed by atoms with van der Waals surface area (Å²) in [6.07, 6.45) is 1.82. The zero-order valence-electron chi connectivity index (χ0n) is 18.0. The number of amides is 1. The van der Waals surface area contributed by atoms with Gasteiger partial charge in [-0.3, -0.25) is 9.69 Å². The van der Waals surface area contributed by atoms with Crippen molar-refractivity contribution in [2.24, 2.45) is 0 Å². The van der Waals surface area contributed by atoms with Crippen LogP contribution in [-0.4, -0.2) is 49.1 Å². The number of nitrogens with zero attached hydrogens (tertiary/aromatic N) is 3. The Labute approximate surface area is 183 Å². The highest BCUT2D eigenvalue weighted by atomic mass is 16.5. The smallest absolute Gasteiger partial charge is 0.246 e. The molecule has 0 unspecified atom stereocenters. The maximum Gasteiger partial charge on any atom is 0.246 e. The summed E-state index contributed by atoms with van der Waals surface area (Å²) >= 11 is 0. The molecule has 0 spiro atoms. The number of piperazine rings is 1. The van der Waals surface area contributed by atoms with Crippen LogP contribution in [0.3, 0.4) is 0 Å². The van der Waals surface area contributed by atoms with Crippen molar-refractivity contribution in [2.75, 3.05) is 43.5 Å². The van der Waals surface area contributed by atoms with Crippen molar-refractivity contribution in [1.29, 1.82) is 0 Å². The molecule has 0 saturated carbocycles. The fraction of sp³-hybridized carbons (Fsp3) is 0.280. The lowest BCUT2D eigenvalue weighted by Gasteiger charge is -2.39. The fourth-order valence-electron chi connectivity index (χ4n) is 4.03. The first-order valence-electron chi connectivity index (χ1n) is 10.6. The van der Waals surface area contributed by atoms with E-state index in [1.807, 2.05) is 79.9 Å². The van der Waals surface area contributed by atoms with Crippen molar-refractivity contribution in [2.45, 2.75) is 13.0 Å². The third kappa shape index (κ3) is 4.86. The number of aryl methyl sites for hydroxylation is 1. The zero-order valence-corrected chi connectivity index (χ0v) is 18.0. The number of aromatic nitrogens is 1. The van der Waals surface area contributed by atoms with Crippen LogP contribution in [0.15, 0.2) is 72.9 Å². The van der Waals surface area contributed by atoms with Crippen LogP contribution in [0.2, 0.25) is 0 Å². The minimum Gasteiger partial charge on any atom is -0.495 e. The van der Waals surface area contributed by atoms with Crippen molar-refractivity contribution < 1.29 is 9.53 Å². The average molecular weight is 417 g/mol. The average Bonchev–Trinajstić information content (AvgIpc) is 2.81. The van der Waals surface area contributed by atoms with Crippen LogP contribution in [0.5, 0.6) is 5.75 Å². The highest BCUT2D eigenvalue weighted by molar-refractivity contribution is 5.96. The van der Waals surface area contributed by atoms with Crippen LogP contribution in [0.4, 0.5) is 11.5 Å². The number of ether oxygens (including phenoxy) is 1. The van der Waals surface area contributed by atoms with Gasteiger partial charge >= 0.3 is 0 Å². The van der Waals surface area contributed by atoms with Crippen molar-refractivity contribution in [3.63, 3.8) is 0 Å². The van der Waals surface area contributed by atoms with Gasteiger partial charge in [0.2, 0.25) is 5.91 Å². The molecule has 4 rings (SSSR count). The number of carbonyl (C=O) groups excluding carboxylic acids is 1. The second-order valence-corrected chi connectivity index (χ2v) is 7.72. The highest BCUT2D eigenvalue weighted by Gasteiger charge is 2.31. The van der Waals surface area contributed by atoms with E-state index in [2.05, 4.69) is 20.1 Å². The maximum atomic E-state index is 13.5. The van der Waals surface area contributed by atoms with E-state index in [0.717, 1.165) is 43.1 Å². The summed E-state index contributed by atoms with van der Waals surface area (Å²) in [6, 6.07) is 21.3. The molecule has 1 N–H and O–H groups in total. The van der Waals surface area contributed by atoms with Gasteiger partial charge in [0.05, 0.1) is 12.8 Å². The molecule has 1 atom stereocenters. The Bertz CT molecular complexity index is 1000. The highest BCUT2D eigenvalue weighted by Crippen LogP contribution is 2.29. The molecule has 1 aliphatic heterocycles. The van der Waals surface area contributed by atoms with E-state index in [9.17, 15) is 4.79 Å². The van der Waals surface area contributed by atoms with Crippen LogP contribution < -0.4 is 15.0 Å². The number of anilines is 2. The van der Waals surface area contributed by atoms with Gasteiger partial charge in [0.1, 0.15) is 17.6 Å². The molecule has 1 fully saturated rings. The molecule has 2 heterocycles. The molecular weight excluding hydrogens is 388 g/mol. The van der Waals surface area contributed by atoms with E-state index < -0.39 is 0 Å². The van der Waals surface area contributed by atoms with E-state index in [1.165, 1.54) is 0 Å². The summed E-state index contributed by atoms with van der Waals surface area (Å²) in [6.45, 7) is 5.19. The van der Waals surface area contributed by atoms with Gasteiger partial charge < -0.3 is 15.0 Å². The van der Waals surface area contributed by atoms with Gasteiger partial charge in [-0.15, -0.1) is 0 Å². The van der Waals surface area contributed by atoms with Gasteiger partial charge in [0, 0.05) is 32.4 Å². The summed E-state index contributed by atoms with van der Waals surface area (Å²) in [4.78, 5) is 22.5. The number of benzene rings is 2. The first-order chi connectivity index (χ1) is 15.2. The Kier molecular flexibility index (Phi) is 6.48. The monoisotopic (exact) mass is 416 g/mol. The Morgan fingerprint density at radius 1 is 1.00 bits per heavy atom. The fourth-order valence-corrected chi connectivity index (χ4v) is 4.03. The van der Waals surface area contributed by atoms with Gasteiger partial charge in [-0.1, -0.05) is 42.5 Å². The molecule has 1 amide bonds. The summed E-state index contributed by atoms with van der Waals surface area (Å²) in [7, 11) is 1.62. The standard InChI is InChI=1S/C25H28N4O2/c1-19-11-12-22(31-2)21(18-19)27-25(30)24(20-8-4-3-5-9-20)29-16-14-28(15-17-29)23-10-6-7-13-26-23/h3-13,18,24H,14-17H2,1-2H3,(H,27,30)/t24-/m0/s1. The summed E-state index contributed by atoms with van der Waals surface area (Å²) < 4.78 is 5.45. The van der Waals surface area contributed by atoms with Gasteiger partial charge in [-0.25, -0.2) is 4.98 Å². The molecule has 3 aromatic rings. The molecule has 0 radical (unpaired) electrons. The normalized spacial score (nSPS) is 15.4. The summed E-state index contributed by atoms with van der Waals surface area (Å²) in [5, 5.41) is 3.11. The zero-order chi connectivity index (χ0) is 21.6. The van der Waals surface area contributed by atoms with Gasteiger partial charge in [0.25, 0.3) is 0 Å². The molecule has 6 nitrogen and oxygen atoms in total. The number of methoxy groups -OCH3 is 1. The number of pyridine rings is 1. The number of carbonyl (C=O) groups is 1. The van der Waals surface area contributed by atoms with E-state index in [4.69, 9.17) is 4.74 Å². The van der Waals surface area contributed by atoms with Crippen molar-refractivity contribution in [3.8, 4) is 5.75 Å². The summed E-state index contributed by atoms with van der Waals surface area (Å²) in [5.41, 5.74) is 2.75. The number of nitrogens with one attached hydrogen (secondary N) is 1. The van der Waals surface area contributed by atoms with Gasteiger partial charge in [-0.2, -0.15) is 0 Å². The van der Waals surface area contributed by atoms with E-state index in [-0.39, 0.29) is 11.9 Å². The Balaban J connectivity index is 1.55. The molecular formula is C25H28N4O2. The second-order valence-electron chi connectivity index (χ2n) is 7.72. The predicted molar refractivity (Wildman–Crippen MR) is 124 cm³/mol. The van der Waals surface area contributed by atoms with Gasteiger partial charge in [0.15, 0.2) is 0 Å². The second kappa shape index (κ2) is 9.62. The van der Waals surface area contributed by atoms with Crippen LogP contribution >= 0.6 is 0 Å². The Morgan fingerprint density at radius 2 is 1.74 bits per heavy atom. The van der Waals surface area contributed by atoms with Crippen molar-refractivity contribution in [3.05, 3.63) is 84.1 Å². The van der Waals surface area contributed by atoms with E-state index in [1.54, 1.807) is 7.11 Å². The first-order valence-corrected chi connectivity index (χ1v) is 10.6. The minimum absolute atomic E-state index is 0.0543. The molecule has 1 aromatic heterocycles. The molecule has 0 aliphatic carbocycles. The third-order valence-corrected chi connectivity index (χ3v) is 5.63. The predicted octanol–water partition coefficient (Wildman–Crippen LogP) is 3.90. The quantitative estimate of drug-likeness (QED) is 0.661. The largest absolute Gasteiger partial charge is 0.495 e. The van der Waals surface area contributed by atoms with E-state index in [0.29, 0.717) is 11.4 Å². The first kappa shape index (κ1) is 20.9. The summed E-state index contributed by atoms with van der Waals surface area (Å²) in [5.74, 6) is 1.58. The lowest BCUT2D eigenvalue weighted by molar-refractivity contribution is -0.121. The van der Waals surface area contributed by atoms with Crippen LogP contribution in [0, 0.1) is 6.92 Å². The van der Waals surface area contributed by atoms with E-state index >= 15 is 0 Å². The lowest BCUT2D eigenvalue weighted by Crippen LogP contribution is -2.50. The number of hydrogen-bond acceptors (Lipinski definition) is 5. The number of hydrogen-bond donors (Lipinski definition) is 1. The molecule has 31 heavy (non-hydrogen) atoms. The molecule has 160 valence electrons. The van der Waals surface area contributed by atoms with Gasteiger partial charge in [-0.05, 0) is 42.3 Å². The Morgan fingerprint density at radius 3 is 2.42 bits per heavy atom. The SMILES string of the molecule is COc1ccc(C)cc1NC(=O)[C@H](c1ccccc1)N1CCN(c2ccccn2)CC1. The molecule has 2 aromatic carbocycles. The van der Waals surface area contributed by atoms with Crippen LogP contribution in [-0.2, 0) is 4.79 Å². The maximum absolute atomic E-state index is 13.5. The molecule has 6 heteroatoms. The minimum atomic E-state index is -0.377. The molecule has 0 bridgehead atoms. The topological polar surface area (TPSA) is 57.7 Å². The molecule has 1 aliphatic rings. The lowest BCUT2D eigenvalue weighted by atomic mass is 10.0. The third-order valence-electron chi connectivity index (χ3n) is 5.63. The Hall–Kier alpha value is -3.38. The van der Waals surface area contributed by atoms with Crippen molar-refractivity contribution in [1.82, 2.24) is 9.88 Å².